The Morgan fingerprint density at radius 3 is 2.41 bits per heavy atom. The Bertz CT molecular complexity index is 1440. The third-order valence-electron chi connectivity index (χ3n) is 5.50. The van der Waals surface area contributed by atoms with E-state index >= 15 is 0 Å². The molecule has 1 aliphatic heterocycles. The number of aryl methyl sites for hydroxylation is 1. The summed E-state index contributed by atoms with van der Waals surface area (Å²) in [5.41, 5.74) is 2.20. The summed E-state index contributed by atoms with van der Waals surface area (Å²) >= 11 is 15.6. The maximum atomic E-state index is 13.3. The molecule has 3 aromatic rings. The summed E-state index contributed by atoms with van der Waals surface area (Å²) in [6.07, 6.45) is 1.41. The van der Waals surface area contributed by atoms with Gasteiger partial charge in [0, 0.05) is 4.47 Å². The highest BCUT2D eigenvalue weighted by Crippen LogP contribution is 2.36. The van der Waals surface area contributed by atoms with Gasteiger partial charge in [-0.05, 0) is 66.9 Å². The van der Waals surface area contributed by atoms with Gasteiger partial charge in [-0.25, -0.2) is 9.69 Å². The van der Waals surface area contributed by atoms with Crippen molar-refractivity contribution in [1.29, 1.82) is 0 Å². The van der Waals surface area contributed by atoms with Gasteiger partial charge < -0.3 is 9.47 Å². The van der Waals surface area contributed by atoms with Crippen LogP contribution in [0.3, 0.4) is 0 Å². The van der Waals surface area contributed by atoms with Crippen molar-refractivity contribution < 1.29 is 23.9 Å². The number of nitrogens with zero attached hydrogens (tertiary/aromatic N) is 1. The lowest BCUT2D eigenvalue weighted by Crippen LogP contribution is -2.54. The SMILES string of the molecule is CCOc1cc(/C=C2\C(=O)NC(=O)N(c3ccccc3C)C2=O)c(Br)cc1OCc1ccc(Cl)c(Cl)c1. The topological polar surface area (TPSA) is 84.9 Å². The number of carbonyl (C=O) groups is 3. The summed E-state index contributed by atoms with van der Waals surface area (Å²) in [4.78, 5) is 39.4. The van der Waals surface area contributed by atoms with Gasteiger partial charge in [0.25, 0.3) is 11.8 Å². The molecule has 1 fully saturated rings. The molecule has 0 bridgehead atoms. The average molecular weight is 604 g/mol. The van der Waals surface area contributed by atoms with Gasteiger partial charge in [0.05, 0.1) is 22.3 Å². The van der Waals surface area contributed by atoms with Crippen molar-refractivity contribution in [2.45, 2.75) is 20.5 Å². The molecule has 0 aromatic heterocycles. The zero-order valence-electron chi connectivity index (χ0n) is 19.8. The van der Waals surface area contributed by atoms with Crippen LogP contribution < -0.4 is 19.7 Å². The molecule has 37 heavy (non-hydrogen) atoms. The Morgan fingerprint density at radius 1 is 0.973 bits per heavy atom. The maximum Gasteiger partial charge on any atom is 0.335 e. The number of hydrogen-bond acceptors (Lipinski definition) is 5. The molecule has 0 unspecified atom stereocenters. The first-order chi connectivity index (χ1) is 17.7. The van der Waals surface area contributed by atoms with E-state index in [0.29, 0.717) is 49.4 Å². The van der Waals surface area contributed by atoms with Crippen LogP contribution in [0.2, 0.25) is 10.0 Å². The Hall–Kier alpha value is -3.33. The highest BCUT2D eigenvalue weighted by atomic mass is 79.9. The van der Waals surface area contributed by atoms with E-state index in [-0.39, 0.29) is 12.2 Å². The van der Waals surface area contributed by atoms with Crippen LogP contribution in [0.4, 0.5) is 10.5 Å². The van der Waals surface area contributed by atoms with Crippen LogP contribution in [0, 0.1) is 6.92 Å². The first-order valence-corrected chi connectivity index (χ1v) is 12.7. The largest absolute Gasteiger partial charge is 0.490 e. The minimum atomic E-state index is -0.804. The number of para-hydroxylation sites is 1. The van der Waals surface area contributed by atoms with E-state index in [1.54, 1.807) is 61.5 Å². The van der Waals surface area contributed by atoms with Crippen molar-refractivity contribution in [3.63, 3.8) is 0 Å². The van der Waals surface area contributed by atoms with Crippen LogP contribution >= 0.6 is 39.1 Å². The van der Waals surface area contributed by atoms with Gasteiger partial charge in [-0.1, -0.05) is 63.4 Å². The fraction of sp³-hybridized carbons (Fsp3) is 0.148. The van der Waals surface area contributed by atoms with Crippen molar-refractivity contribution in [3.05, 3.63) is 91.4 Å². The number of halogens is 3. The van der Waals surface area contributed by atoms with Crippen molar-refractivity contribution in [2.75, 3.05) is 11.5 Å². The molecule has 10 heteroatoms. The van der Waals surface area contributed by atoms with Gasteiger partial charge in [-0.15, -0.1) is 0 Å². The number of anilines is 1. The minimum absolute atomic E-state index is 0.199. The second kappa shape index (κ2) is 11.4. The Balaban J connectivity index is 1.67. The minimum Gasteiger partial charge on any atom is -0.490 e. The molecule has 4 rings (SSSR count). The van der Waals surface area contributed by atoms with E-state index in [0.717, 1.165) is 10.5 Å². The molecule has 1 heterocycles. The molecule has 7 nitrogen and oxygen atoms in total. The van der Waals surface area contributed by atoms with Crippen LogP contribution in [0.25, 0.3) is 6.08 Å². The highest BCUT2D eigenvalue weighted by Gasteiger charge is 2.37. The number of carbonyl (C=O) groups excluding carboxylic acids is 3. The number of benzene rings is 3. The van der Waals surface area contributed by atoms with E-state index in [1.165, 1.54) is 6.08 Å². The molecule has 0 radical (unpaired) electrons. The molecular weight excluding hydrogens is 583 g/mol. The van der Waals surface area contributed by atoms with Crippen LogP contribution in [0.5, 0.6) is 11.5 Å². The zero-order chi connectivity index (χ0) is 26.7. The number of barbiturate groups is 1. The number of hydrogen-bond donors (Lipinski definition) is 1. The van der Waals surface area contributed by atoms with E-state index < -0.39 is 17.8 Å². The van der Waals surface area contributed by atoms with E-state index in [9.17, 15) is 14.4 Å². The number of ether oxygens (including phenoxy) is 2. The molecular formula is C27H21BrCl2N2O5. The summed E-state index contributed by atoms with van der Waals surface area (Å²) < 4.78 is 12.3. The third kappa shape index (κ3) is 5.82. The van der Waals surface area contributed by atoms with Crippen LogP contribution in [-0.4, -0.2) is 24.5 Å². The highest BCUT2D eigenvalue weighted by molar-refractivity contribution is 9.10. The molecule has 1 aliphatic rings. The lowest BCUT2D eigenvalue weighted by Gasteiger charge is -2.27. The summed E-state index contributed by atoms with van der Waals surface area (Å²) in [6, 6.07) is 14.7. The number of nitrogens with one attached hydrogen (secondary N) is 1. The predicted molar refractivity (Wildman–Crippen MR) is 146 cm³/mol. The predicted octanol–water partition coefficient (Wildman–Crippen LogP) is 6.71. The molecule has 1 N–H and O–H groups in total. The van der Waals surface area contributed by atoms with Gasteiger partial charge in [-0.2, -0.15) is 0 Å². The molecule has 4 amide bonds. The molecule has 0 saturated carbocycles. The number of imide groups is 2. The van der Waals surface area contributed by atoms with Gasteiger partial charge in [0.15, 0.2) is 11.5 Å². The van der Waals surface area contributed by atoms with Crippen molar-refractivity contribution in [1.82, 2.24) is 5.32 Å². The monoisotopic (exact) mass is 602 g/mol. The van der Waals surface area contributed by atoms with Gasteiger partial charge >= 0.3 is 6.03 Å². The molecule has 190 valence electrons. The second-order valence-electron chi connectivity index (χ2n) is 8.03. The summed E-state index contributed by atoms with van der Waals surface area (Å²) in [5, 5.41) is 3.11. The van der Waals surface area contributed by atoms with Crippen molar-refractivity contribution >= 4 is 68.7 Å². The summed E-state index contributed by atoms with van der Waals surface area (Å²) in [5.74, 6) is -0.663. The van der Waals surface area contributed by atoms with E-state index in [1.807, 2.05) is 6.92 Å². The fourth-order valence-corrected chi connectivity index (χ4v) is 4.44. The summed E-state index contributed by atoms with van der Waals surface area (Å²) in [7, 11) is 0. The van der Waals surface area contributed by atoms with Crippen molar-refractivity contribution in [2.24, 2.45) is 0 Å². The molecule has 0 aliphatic carbocycles. The van der Waals surface area contributed by atoms with Crippen LogP contribution in [0.15, 0.2) is 64.6 Å². The fourth-order valence-electron chi connectivity index (χ4n) is 3.68. The van der Waals surface area contributed by atoms with E-state index in [2.05, 4.69) is 21.2 Å². The first-order valence-electron chi connectivity index (χ1n) is 11.2. The second-order valence-corrected chi connectivity index (χ2v) is 9.70. The number of amides is 4. The Labute approximate surface area is 232 Å². The van der Waals surface area contributed by atoms with Gasteiger partial charge in [-0.3, -0.25) is 14.9 Å². The van der Waals surface area contributed by atoms with E-state index in [4.69, 9.17) is 32.7 Å². The molecule has 1 saturated heterocycles. The summed E-state index contributed by atoms with van der Waals surface area (Å²) in [6.45, 7) is 4.16. The Kier molecular flexibility index (Phi) is 8.22. The normalized spacial score (nSPS) is 14.7. The van der Waals surface area contributed by atoms with Gasteiger partial charge in [0.2, 0.25) is 0 Å². The first kappa shape index (κ1) is 26.7. The van der Waals surface area contributed by atoms with Crippen LogP contribution in [-0.2, 0) is 16.2 Å². The van der Waals surface area contributed by atoms with Crippen LogP contribution in [0.1, 0.15) is 23.6 Å². The zero-order valence-corrected chi connectivity index (χ0v) is 22.9. The number of urea groups is 1. The van der Waals surface area contributed by atoms with Gasteiger partial charge in [0.1, 0.15) is 12.2 Å². The number of rotatable bonds is 7. The molecule has 0 atom stereocenters. The molecule has 0 spiro atoms. The van der Waals surface area contributed by atoms with Crippen molar-refractivity contribution in [3.8, 4) is 11.5 Å². The Morgan fingerprint density at radius 2 is 1.70 bits per heavy atom. The lowest BCUT2D eigenvalue weighted by atomic mass is 10.1. The lowest BCUT2D eigenvalue weighted by molar-refractivity contribution is -0.122. The average Bonchev–Trinajstić information content (AvgIpc) is 2.85. The third-order valence-corrected chi connectivity index (χ3v) is 6.92. The quantitative estimate of drug-likeness (QED) is 0.240. The maximum absolute atomic E-state index is 13.3. The molecule has 3 aromatic carbocycles. The standard InChI is InChI=1S/C27H21BrCl2N2O5/c1-3-36-23-12-17(19(28)13-24(23)37-14-16-8-9-20(29)21(30)10-16)11-18-25(33)31-27(35)32(26(18)34)22-7-5-4-6-15(22)2/h4-13H,3,14H2,1-2H3,(H,31,33,35)/b18-11+. The smallest absolute Gasteiger partial charge is 0.335 e.